The molecule has 0 radical (unpaired) electrons. The van der Waals surface area contributed by atoms with Crippen LogP contribution in [0.3, 0.4) is 0 Å². The van der Waals surface area contributed by atoms with E-state index in [0.717, 1.165) is 0 Å². The Kier molecular flexibility index (Phi) is 4.24. The van der Waals surface area contributed by atoms with Crippen LogP contribution in [-0.4, -0.2) is 24.3 Å². The Morgan fingerprint density at radius 1 is 1.16 bits per heavy atom. The molecule has 19 heavy (non-hydrogen) atoms. The van der Waals surface area contributed by atoms with Crippen molar-refractivity contribution in [3.05, 3.63) is 52.7 Å². The first-order valence-corrected chi connectivity index (χ1v) is 6.05. The summed E-state index contributed by atoms with van der Waals surface area (Å²) < 4.78 is 10.2. The number of pyridine rings is 1. The minimum atomic E-state index is -0.855. The van der Waals surface area contributed by atoms with Crippen molar-refractivity contribution in [2.45, 2.75) is 6.10 Å². The number of aliphatic hydroxyl groups excluding tert-OH is 1. The molecule has 1 unspecified atom stereocenters. The summed E-state index contributed by atoms with van der Waals surface area (Å²) in [6.45, 7) is 0. The van der Waals surface area contributed by atoms with E-state index >= 15 is 0 Å². The number of halogens is 1. The van der Waals surface area contributed by atoms with Crippen molar-refractivity contribution in [3.63, 3.8) is 0 Å². The van der Waals surface area contributed by atoms with Gasteiger partial charge in [-0.25, -0.2) is 4.98 Å². The molecular formula is C14H14ClNO3. The average molecular weight is 280 g/mol. The smallest absolute Gasteiger partial charge is 0.212 e. The van der Waals surface area contributed by atoms with Crippen LogP contribution >= 0.6 is 11.6 Å². The second kappa shape index (κ2) is 5.91. The van der Waals surface area contributed by atoms with Crippen molar-refractivity contribution in [3.8, 4) is 11.6 Å². The molecule has 1 heterocycles. The summed E-state index contributed by atoms with van der Waals surface area (Å²) in [5, 5.41) is 10.9. The Hall–Kier alpha value is -1.78. The monoisotopic (exact) mass is 279 g/mol. The lowest BCUT2D eigenvalue weighted by molar-refractivity contribution is 0.214. The zero-order chi connectivity index (χ0) is 13.8. The van der Waals surface area contributed by atoms with Crippen molar-refractivity contribution in [1.29, 1.82) is 0 Å². The highest BCUT2D eigenvalue weighted by Gasteiger charge is 2.16. The molecule has 0 spiro atoms. The van der Waals surface area contributed by atoms with Crippen LogP contribution in [-0.2, 0) is 0 Å². The third kappa shape index (κ3) is 2.97. The number of hydrogen-bond donors (Lipinski definition) is 1. The molecule has 100 valence electrons. The van der Waals surface area contributed by atoms with Crippen molar-refractivity contribution in [2.75, 3.05) is 14.2 Å². The van der Waals surface area contributed by atoms with Gasteiger partial charge in [0.25, 0.3) is 0 Å². The SMILES string of the molecule is COc1ccc(C(O)c2cc(Cl)ccc2OC)cn1. The Morgan fingerprint density at radius 2 is 1.95 bits per heavy atom. The van der Waals surface area contributed by atoms with Gasteiger partial charge in [-0.1, -0.05) is 11.6 Å². The largest absolute Gasteiger partial charge is 0.496 e. The fourth-order valence-corrected chi connectivity index (χ4v) is 1.95. The lowest BCUT2D eigenvalue weighted by atomic mass is 10.0. The molecule has 4 nitrogen and oxygen atoms in total. The number of nitrogens with zero attached hydrogens (tertiary/aromatic N) is 1. The highest BCUT2D eigenvalue weighted by Crippen LogP contribution is 2.32. The van der Waals surface area contributed by atoms with Crippen LogP contribution < -0.4 is 9.47 Å². The molecule has 5 heteroatoms. The maximum Gasteiger partial charge on any atom is 0.212 e. The fraction of sp³-hybridized carbons (Fsp3) is 0.214. The third-order valence-corrected chi connectivity index (χ3v) is 3.01. The molecule has 0 amide bonds. The molecule has 1 aromatic heterocycles. The maximum absolute atomic E-state index is 10.4. The molecule has 0 aliphatic heterocycles. The summed E-state index contributed by atoms with van der Waals surface area (Å²) in [7, 11) is 3.09. The minimum Gasteiger partial charge on any atom is -0.496 e. The second-order valence-corrected chi connectivity index (χ2v) is 4.36. The van der Waals surface area contributed by atoms with Crippen LogP contribution in [0.5, 0.6) is 11.6 Å². The van der Waals surface area contributed by atoms with Gasteiger partial charge in [0.1, 0.15) is 11.9 Å². The average Bonchev–Trinajstić information content (AvgIpc) is 2.46. The van der Waals surface area contributed by atoms with Crippen molar-refractivity contribution >= 4 is 11.6 Å². The molecule has 0 aliphatic carbocycles. The predicted molar refractivity (Wildman–Crippen MR) is 72.9 cm³/mol. The molecule has 0 bridgehead atoms. The van der Waals surface area contributed by atoms with Gasteiger partial charge in [-0.15, -0.1) is 0 Å². The van der Waals surface area contributed by atoms with Crippen molar-refractivity contribution in [2.24, 2.45) is 0 Å². The number of hydrogen-bond acceptors (Lipinski definition) is 4. The molecule has 0 saturated heterocycles. The van der Waals surface area contributed by atoms with E-state index in [1.807, 2.05) is 0 Å². The summed E-state index contributed by atoms with van der Waals surface area (Å²) in [5.41, 5.74) is 1.24. The predicted octanol–water partition coefficient (Wildman–Crippen LogP) is 2.83. The van der Waals surface area contributed by atoms with E-state index < -0.39 is 6.10 Å². The lowest BCUT2D eigenvalue weighted by Gasteiger charge is -2.15. The number of benzene rings is 1. The molecule has 1 atom stereocenters. The standard InChI is InChI=1S/C14H14ClNO3/c1-18-12-5-4-10(15)7-11(12)14(17)9-3-6-13(19-2)16-8-9/h3-8,14,17H,1-2H3. The molecule has 1 aromatic carbocycles. The van der Waals surface area contributed by atoms with Crippen LogP contribution in [0.2, 0.25) is 5.02 Å². The van der Waals surface area contributed by atoms with Gasteiger partial charge in [0.05, 0.1) is 14.2 Å². The molecule has 0 aliphatic rings. The van der Waals surface area contributed by atoms with Crippen LogP contribution in [0.15, 0.2) is 36.5 Å². The lowest BCUT2D eigenvalue weighted by Crippen LogP contribution is -2.03. The number of ether oxygens (including phenoxy) is 2. The van der Waals surface area contributed by atoms with E-state index in [2.05, 4.69) is 4.98 Å². The fourth-order valence-electron chi connectivity index (χ4n) is 1.77. The van der Waals surface area contributed by atoms with Gasteiger partial charge in [0.15, 0.2) is 0 Å². The molecular weight excluding hydrogens is 266 g/mol. The zero-order valence-electron chi connectivity index (χ0n) is 10.6. The van der Waals surface area contributed by atoms with Crippen LogP contribution in [0.1, 0.15) is 17.2 Å². The van der Waals surface area contributed by atoms with Crippen LogP contribution in [0.4, 0.5) is 0 Å². The van der Waals surface area contributed by atoms with E-state index in [-0.39, 0.29) is 0 Å². The maximum atomic E-state index is 10.4. The third-order valence-electron chi connectivity index (χ3n) is 2.77. The molecule has 0 saturated carbocycles. The Balaban J connectivity index is 2.36. The van der Waals surface area contributed by atoms with E-state index in [1.54, 1.807) is 50.7 Å². The van der Waals surface area contributed by atoms with Crippen LogP contribution in [0.25, 0.3) is 0 Å². The molecule has 2 aromatic rings. The number of aromatic nitrogens is 1. The molecule has 0 fully saturated rings. The number of methoxy groups -OCH3 is 2. The summed E-state index contributed by atoms with van der Waals surface area (Å²) >= 11 is 5.95. The van der Waals surface area contributed by atoms with E-state index in [1.165, 1.54) is 0 Å². The van der Waals surface area contributed by atoms with Gasteiger partial charge in [-0.3, -0.25) is 0 Å². The van der Waals surface area contributed by atoms with Gasteiger partial charge in [-0.2, -0.15) is 0 Å². The summed E-state index contributed by atoms with van der Waals surface area (Å²) in [6, 6.07) is 8.54. The number of aliphatic hydroxyl groups is 1. The van der Waals surface area contributed by atoms with E-state index in [9.17, 15) is 5.11 Å². The first-order chi connectivity index (χ1) is 9.15. The molecule has 1 N–H and O–H groups in total. The number of rotatable bonds is 4. The van der Waals surface area contributed by atoms with Gasteiger partial charge in [-0.05, 0) is 24.3 Å². The van der Waals surface area contributed by atoms with Crippen molar-refractivity contribution in [1.82, 2.24) is 4.98 Å². The van der Waals surface area contributed by atoms with Gasteiger partial charge in [0, 0.05) is 28.4 Å². The topological polar surface area (TPSA) is 51.6 Å². The van der Waals surface area contributed by atoms with Gasteiger partial charge < -0.3 is 14.6 Å². The summed E-state index contributed by atoms with van der Waals surface area (Å²) in [4.78, 5) is 4.07. The Labute approximate surface area is 116 Å². The van der Waals surface area contributed by atoms with Gasteiger partial charge in [0.2, 0.25) is 5.88 Å². The van der Waals surface area contributed by atoms with Crippen molar-refractivity contribution < 1.29 is 14.6 Å². The minimum absolute atomic E-state index is 0.494. The van der Waals surface area contributed by atoms with E-state index in [0.29, 0.717) is 27.8 Å². The highest BCUT2D eigenvalue weighted by molar-refractivity contribution is 6.30. The zero-order valence-corrected chi connectivity index (χ0v) is 11.4. The highest BCUT2D eigenvalue weighted by atomic mass is 35.5. The summed E-state index contributed by atoms with van der Waals surface area (Å²) in [6.07, 6.45) is 0.705. The second-order valence-electron chi connectivity index (χ2n) is 3.92. The van der Waals surface area contributed by atoms with E-state index in [4.69, 9.17) is 21.1 Å². The Morgan fingerprint density at radius 3 is 2.53 bits per heavy atom. The Bertz CT molecular complexity index is 557. The summed E-state index contributed by atoms with van der Waals surface area (Å²) in [5.74, 6) is 1.07. The first kappa shape index (κ1) is 13.6. The van der Waals surface area contributed by atoms with Crippen LogP contribution in [0, 0.1) is 0 Å². The van der Waals surface area contributed by atoms with Gasteiger partial charge >= 0.3 is 0 Å². The molecule has 2 rings (SSSR count). The normalized spacial score (nSPS) is 12.0. The quantitative estimate of drug-likeness (QED) is 0.935. The first-order valence-electron chi connectivity index (χ1n) is 5.67.